The van der Waals surface area contributed by atoms with Crippen LogP contribution in [0.15, 0.2) is 66.2 Å². The summed E-state index contributed by atoms with van der Waals surface area (Å²) in [5.74, 6) is 0.288. The summed E-state index contributed by atoms with van der Waals surface area (Å²) in [6.07, 6.45) is 2.32. The van der Waals surface area contributed by atoms with E-state index >= 15 is 0 Å². The summed E-state index contributed by atoms with van der Waals surface area (Å²) in [7, 11) is 1.63. The second-order valence-corrected chi connectivity index (χ2v) is 7.74. The number of anilines is 1. The number of aryl methyl sites for hydroxylation is 3. The van der Waals surface area contributed by atoms with Crippen molar-refractivity contribution in [2.24, 2.45) is 0 Å². The van der Waals surface area contributed by atoms with Gasteiger partial charge < -0.3 is 10.1 Å². The van der Waals surface area contributed by atoms with Gasteiger partial charge in [-0.15, -0.1) is 0 Å². The molecule has 1 amide bonds. The van der Waals surface area contributed by atoms with E-state index < -0.39 is 5.91 Å². The molecular formula is C27H26N2O2. The summed E-state index contributed by atoms with van der Waals surface area (Å²) in [5.41, 5.74) is 7.18. The molecule has 0 aliphatic rings. The quantitative estimate of drug-likeness (QED) is 0.415. The molecule has 4 heteroatoms. The molecule has 0 aromatic heterocycles. The smallest absolute Gasteiger partial charge is 0.266 e. The van der Waals surface area contributed by atoms with Crippen LogP contribution in [0.5, 0.6) is 5.75 Å². The first-order chi connectivity index (χ1) is 14.9. The van der Waals surface area contributed by atoms with Crippen LogP contribution < -0.4 is 10.1 Å². The monoisotopic (exact) mass is 410 g/mol. The minimum Gasteiger partial charge on any atom is -0.496 e. The largest absolute Gasteiger partial charge is 0.496 e. The molecule has 3 rings (SSSR count). The molecule has 3 aromatic carbocycles. The van der Waals surface area contributed by atoms with E-state index in [0.29, 0.717) is 5.69 Å². The first kappa shape index (κ1) is 21.9. The average molecular weight is 411 g/mol. The first-order valence-corrected chi connectivity index (χ1v) is 10.1. The van der Waals surface area contributed by atoms with Gasteiger partial charge in [0.05, 0.1) is 7.11 Å². The average Bonchev–Trinajstić information content (AvgIpc) is 2.72. The van der Waals surface area contributed by atoms with Gasteiger partial charge in [0.1, 0.15) is 17.4 Å². The Balaban J connectivity index is 1.83. The van der Waals surface area contributed by atoms with Crippen molar-refractivity contribution in [2.75, 3.05) is 12.4 Å². The predicted octanol–water partition coefficient (Wildman–Crippen LogP) is 5.76. The zero-order valence-corrected chi connectivity index (χ0v) is 18.3. The second-order valence-electron chi connectivity index (χ2n) is 7.74. The van der Waals surface area contributed by atoms with E-state index in [4.69, 9.17) is 4.74 Å². The van der Waals surface area contributed by atoms with Gasteiger partial charge in [-0.25, -0.2) is 0 Å². The molecular weight excluding hydrogens is 384 g/mol. The van der Waals surface area contributed by atoms with Crippen LogP contribution >= 0.6 is 0 Å². The number of amides is 1. The standard InChI is InChI=1S/C27H26N2O2/c1-18-6-5-7-25(13-18)29-27(30)24(17-28)14-21-8-9-23(26(16-21)31-4)15-22-11-19(2)10-20(3)12-22/h5-14,16H,15H2,1-4H3,(H,29,30)/b24-14+. The Morgan fingerprint density at radius 3 is 2.39 bits per heavy atom. The molecule has 1 N–H and O–H groups in total. The van der Waals surface area contributed by atoms with Crippen molar-refractivity contribution in [2.45, 2.75) is 27.2 Å². The molecule has 0 aliphatic carbocycles. The number of nitrogens with one attached hydrogen (secondary N) is 1. The molecule has 3 aromatic rings. The van der Waals surface area contributed by atoms with Gasteiger partial charge in [-0.05, 0) is 67.3 Å². The molecule has 0 radical (unpaired) electrons. The molecule has 0 spiro atoms. The fraction of sp³-hybridized carbons (Fsp3) is 0.185. The Morgan fingerprint density at radius 1 is 1.00 bits per heavy atom. The number of carbonyl (C=O) groups excluding carboxylic acids is 1. The molecule has 0 heterocycles. The number of hydrogen-bond acceptors (Lipinski definition) is 3. The molecule has 0 saturated carbocycles. The van der Waals surface area contributed by atoms with Gasteiger partial charge >= 0.3 is 0 Å². The van der Waals surface area contributed by atoms with Crippen molar-refractivity contribution < 1.29 is 9.53 Å². The van der Waals surface area contributed by atoms with Crippen LogP contribution in [0.4, 0.5) is 5.69 Å². The second kappa shape index (κ2) is 9.77. The van der Waals surface area contributed by atoms with E-state index in [1.165, 1.54) is 16.7 Å². The Hall–Kier alpha value is -3.84. The third kappa shape index (κ3) is 5.83. The topological polar surface area (TPSA) is 62.1 Å². The molecule has 0 saturated heterocycles. The molecule has 0 atom stereocenters. The number of carbonyl (C=O) groups is 1. The van der Waals surface area contributed by atoms with Crippen LogP contribution in [-0.2, 0) is 11.2 Å². The molecule has 0 unspecified atom stereocenters. The maximum atomic E-state index is 12.6. The molecule has 31 heavy (non-hydrogen) atoms. The minimum absolute atomic E-state index is 0.0330. The number of benzene rings is 3. The van der Waals surface area contributed by atoms with E-state index in [-0.39, 0.29) is 5.57 Å². The van der Waals surface area contributed by atoms with E-state index in [2.05, 4.69) is 37.4 Å². The molecule has 4 nitrogen and oxygen atoms in total. The van der Waals surface area contributed by atoms with Crippen molar-refractivity contribution in [1.82, 2.24) is 0 Å². The van der Waals surface area contributed by atoms with Crippen LogP contribution in [0.3, 0.4) is 0 Å². The summed E-state index contributed by atoms with van der Waals surface area (Å²) in [4.78, 5) is 12.6. The number of nitriles is 1. The van der Waals surface area contributed by atoms with Gasteiger partial charge in [0, 0.05) is 12.1 Å². The highest BCUT2D eigenvalue weighted by atomic mass is 16.5. The van der Waals surface area contributed by atoms with E-state index in [1.54, 1.807) is 19.3 Å². The summed E-state index contributed by atoms with van der Waals surface area (Å²) in [6.45, 7) is 6.13. The van der Waals surface area contributed by atoms with Gasteiger partial charge in [0.15, 0.2) is 0 Å². The maximum absolute atomic E-state index is 12.6. The Labute approximate surface area is 183 Å². The number of rotatable bonds is 6. The fourth-order valence-electron chi connectivity index (χ4n) is 3.62. The zero-order valence-electron chi connectivity index (χ0n) is 18.3. The summed E-state index contributed by atoms with van der Waals surface area (Å²) < 4.78 is 5.59. The van der Waals surface area contributed by atoms with Crippen LogP contribution in [0.2, 0.25) is 0 Å². The van der Waals surface area contributed by atoms with Gasteiger partial charge in [0.25, 0.3) is 5.91 Å². The van der Waals surface area contributed by atoms with Crippen LogP contribution in [0.25, 0.3) is 6.08 Å². The van der Waals surface area contributed by atoms with E-state index in [9.17, 15) is 10.1 Å². The highest BCUT2D eigenvalue weighted by Crippen LogP contribution is 2.25. The highest BCUT2D eigenvalue weighted by Gasteiger charge is 2.11. The third-order valence-electron chi connectivity index (χ3n) is 4.94. The number of nitrogens with zero attached hydrogens (tertiary/aromatic N) is 1. The Kier molecular flexibility index (Phi) is 6.89. The van der Waals surface area contributed by atoms with Gasteiger partial charge in [-0.3, -0.25) is 4.79 Å². The number of hydrogen-bond donors (Lipinski definition) is 1. The molecule has 156 valence electrons. The van der Waals surface area contributed by atoms with Crippen molar-refractivity contribution in [1.29, 1.82) is 5.26 Å². The zero-order chi connectivity index (χ0) is 22.4. The third-order valence-corrected chi connectivity index (χ3v) is 4.94. The molecule has 0 fully saturated rings. The highest BCUT2D eigenvalue weighted by molar-refractivity contribution is 6.09. The lowest BCUT2D eigenvalue weighted by Crippen LogP contribution is -2.13. The number of methoxy groups -OCH3 is 1. The number of ether oxygens (including phenoxy) is 1. The lowest BCUT2D eigenvalue weighted by molar-refractivity contribution is -0.112. The summed E-state index contributed by atoms with van der Waals surface area (Å²) >= 11 is 0. The van der Waals surface area contributed by atoms with Crippen LogP contribution in [0, 0.1) is 32.1 Å². The van der Waals surface area contributed by atoms with Gasteiger partial charge in [0.2, 0.25) is 0 Å². The molecule has 0 bridgehead atoms. The fourth-order valence-corrected chi connectivity index (χ4v) is 3.62. The summed E-state index contributed by atoms with van der Waals surface area (Å²) in [6, 6.07) is 21.7. The summed E-state index contributed by atoms with van der Waals surface area (Å²) in [5, 5.41) is 12.3. The maximum Gasteiger partial charge on any atom is 0.266 e. The SMILES string of the molecule is COc1cc(/C=C(\C#N)C(=O)Nc2cccc(C)c2)ccc1Cc1cc(C)cc(C)c1. The first-order valence-electron chi connectivity index (χ1n) is 10.1. The van der Waals surface area contributed by atoms with E-state index in [1.807, 2.05) is 49.4 Å². The van der Waals surface area contributed by atoms with Crippen LogP contribution in [0.1, 0.15) is 33.4 Å². The molecule has 0 aliphatic heterocycles. The van der Waals surface area contributed by atoms with Crippen molar-refractivity contribution in [3.63, 3.8) is 0 Å². The van der Waals surface area contributed by atoms with Crippen LogP contribution in [-0.4, -0.2) is 13.0 Å². The van der Waals surface area contributed by atoms with Gasteiger partial charge in [-0.2, -0.15) is 5.26 Å². The van der Waals surface area contributed by atoms with Crippen molar-refractivity contribution in [3.05, 3.63) is 99.6 Å². The predicted molar refractivity (Wildman–Crippen MR) is 125 cm³/mol. The normalized spacial score (nSPS) is 11.0. The lowest BCUT2D eigenvalue weighted by atomic mass is 9.98. The minimum atomic E-state index is -0.439. The van der Waals surface area contributed by atoms with Gasteiger partial charge in [-0.1, -0.05) is 53.6 Å². The van der Waals surface area contributed by atoms with Crippen molar-refractivity contribution >= 4 is 17.7 Å². The lowest BCUT2D eigenvalue weighted by Gasteiger charge is -2.11. The Bertz CT molecular complexity index is 1170. The van der Waals surface area contributed by atoms with Crippen molar-refractivity contribution in [3.8, 4) is 11.8 Å². The van der Waals surface area contributed by atoms with E-state index in [0.717, 1.165) is 28.9 Å². The Morgan fingerprint density at radius 2 is 1.74 bits per heavy atom.